The van der Waals surface area contributed by atoms with E-state index in [-0.39, 0.29) is 0 Å². The van der Waals surface area contributed by atoms with Crippen LogP contribution in [0.15, 0.2) is 54.6 Å². The van der Waals surface area contributed by atoms with Gasteiger partial charge in [-0.2, -0.15) is 5.10 Å². The van der Waals surface area contributed by atoms with Crippen LogP contribution < -0.4 is 0 Å². The number of benzene rings is 2. The van der Waals surface area contributed by atoms with Crippen molar-refractivity contribution in [1.82, 2.24) is 14.7 Å². The summed E-state index contributed by atoms with van der Waals surface area (Å²) in [5.74, 6) is 0. The SMILES string of the molecule is CCN(CCc1c2c(nn1-c1ccccc1)CCc1ccccc1-2)C(=O)O. The third kappa shape index (κ3) is 3.21. The van der Waals surface area contributed by atoms with Gasteiger partial charge in [-0.3, -0.25) is 0 Å². The summed E-state index contributed by atoms with van der Waals surface area (Å²) in [7, 11) is 0. The fourth-order valence-electron chi connectivity index (χ4n) is 3.87. The molecule has 5 heteroatoms. The van der Waals surface area contributed by atoms with E-state index in [1.54, 1.807) is 0 Å². The number of para-hydroxylation sites is 1. The van der Waals surface area contributed by atoms with E-state index in [1.165, 1.54) is 21.6 Å². The molecule has 138 valence electrons. The normalized spacial score (nSPS) is 12.3. The van der Waals surface area contributed by atoms with Gasteiger partial charge < -0.3 is 10.0 Å². The number of aryl methyl sites for hydroxylation is 2. The molecule has 0 radical (unpaired) electrons. The molecule has 3 aromatic rings. The molecule has 0 saturated heterocycles. The van der Waals surface area contributed by atoms with E-state index in [4.69, 9.17) is 5.10 Å². The number of aromatic nitrogens is 2. The number of nitrogens with zero attached hydrogens (tertiary/aromatic N) is 3. The molecule has 1 amide bonds. The van der Waals surface area contributed by atoms with Crippen LogP contribution in [0.25, 0.3) is 16.8 Å². The smallest absolute Gasteiger partial charge is 0.407 e. The van der Waals surface area contributed by atoms with Gasteiger partial charge >= 0.3 is 6.09 Å². The number of fused-ring (bicyclic) bond motifs is 3. The molecule has 1 aliphatic rings. The van der Waals surface area contributed by atoms with Gasteiger partial charge in [0.2, 0.25) is 0 Å². The second kappa shape index (κ2) is 7.27. The Morgan fingerprint density at radius 1 is 1.11 bits per heavy atom. The molecule has 0 saturated carbocycles. The average Bonchev–Trinajstić information content (AvgIpc) is 3.08. The van der Waals surface area contributed by atoms with Gasteiger partial charge in [0.25, 0.3) is 0 Å². The third-order valence-corrected chi connectivity index (χ3v) is 5.24. The molecule has 1 heterocycles. The number of carbonyl (C=O) groups is 1. The zero-order valence-corrected chi connectivity index (χ0v) is 15.4. The summed E-state index contributed by atoms with van der Waals surface area (Å²) in [6, 6.07) is 18.6. The van der Waals surface area contributed by atoms with Crippen molar-refractivity contribution in [2.45, 2.75) is 26.2 Å². The van der Waals surface area contributed by atoms with Crippen LogP contribution in [0.4, 0.5) is 4.79 Å². The van der Waals surface area contributed by atoms with Gasteiger partial charge in [0, 0.05) is 25.1 Å². The van der Waals surface area contributed by atoms with E-state index in [1.807, 2.05) is 41.9 Å². The summed E-state index contributed by atoms with van der Waals surface area (Å²) >= 11 is 0. The Morgan fingerprint density at radius 3 is 2.59 bits per heavy atom. The first kappa shape index (κ1) is 17.3. The van der Waals surface area contributed by atoms with Gasteiger partial charge in [-0.25, -0.2) is 9.48 Å². The van der Waals surface area contributed by atoms with Crippen LogP contribution in [-0.2, 0) is 19.3 Å². The Morgan fingerprint density at radius 2 is 1.85 bits per heavy atom. The van der Waals surface area contributed by atoms with Crippen molar-refractivity contribution in [2.75, 3.05) is 13.1 Å². The largest absolute Gasteiger partial charge is 0.465 e. The van der Waals surface area contributed by atoms with Crippen LogP contribution in [0.3, 0.4) is 0 Å². The summed E-state index contributed by atoms with van der Waals surface area (Å²) in [4.78, 5) is 12.9. The van der Waals surface area contributed by atoms with Crippen LogP contribution >= 0.6 is 0 Å². The Labute approximate surface area is 158 Å². The van der Waals surface area contributed by atoms with Crippen LogP contribution in [0.1, 0.15) is 23.9 Å². The molecule has 4 rings (SSSR count). The molecule has 0 fully saturated rings. The van der Waals surface area contributed by atoms with Crippen molar-refractivity contribution >= 4 is 6.09 Å². The lowest BCUT2D eigenvalue weighted by molar-refractivity contribution is 0.148. The number of carboxylic acid groups (broad SMARTS) is 1. The Hall–Kier alpha value is -3.08. The van der Waals surface area contributed by atoms with E-state index < -0.39 is 6.09 Å². The molecular weight excluding hydrogens is 338 g/mol. The zero-order valence-electron chi connectivity index (χ0n) is 15.4. The molecule has 0 atom stereocenters. The number of hydrogen-bond acceptors (Lipinski definition) is 2. The standard InChI is InChI=1S/C22H23N3O2/c1-2-24(22(26)27)15-14-20-21-18-11-7-6-8-16(18)12-13-19(21)23-25(20)17-9-4-3-5-10-17/h3-11H,2,12-15H2,1H3,(H,26,27). The maximum Gasteiger partial charge on any atom is 0.407 e. The van der Waals surface area contributed by atoms with Gasteiger partial charge in [-0.05, 0) is 43.0 Å². The molecule has 5 nitrogen and oxygen atoms in total. The quantitative estimate of drug-likeness (QED) is 0.742. The molecule has 1 N–H and O–H groups in total. The predicted octanol–water partition coefficient (Wildman–Crippen LogP) is 4.18. The molecular formula is C22H23N3O2. The monoisotopic (exact) mass is 361 g/mol. The van der Waals surface area contributed by atoms with Gasteiger partial charge in [0.05, 0.1) is 17.1 Å². The van der Waals surface area contributed by atoms with Crippen LogP contribution in [-0.4, -0.2) is 39.0 Å². The number of likely N-dealkylation sites (N-methyl/N-ethyl adjacent to an activating group) is 1. The number of rotatable bonds is 5. The first-order chi connectivity index (χ1) is 13.2. The van der Waals surface area contributed by atoms with Crippen LogP contribution in [0.5, 0.6) is 0 Å². The average molecular weight is 361 g/mol. The van der Waals surface area contributed by atoms with Crippen molar-refractivity contribution in [1.29, 1.82) is 0 Å². The second-order valence-electron chi connectivity index (χ2n) is 6.79. The fraction of sp³-hybridized carbons (Fsp3) is 0.273. The number of amides is 1. The highest BCUT2D eigenvalue weighted by Crippen LogP contribution is 2.37. The van der Waals surface area contributed by atoms with Crippen molar-refractivity contribution < 1.29 is 9.90 Å². The molecule has 1 aromatic heterocycles. The van der Waals surface area contributed by atoms with Crippen molar-refractivity contribution in [3.8, 4) is 16.8 Å². The van der Waals surface area contributed by atoms with Crippen LogP contribution in [0, 0.1) is 0 Å². The number of hydrogen-bond donors (Lipinski definition) is 1. The molecule has 27 heavy (non-hydrogen) atoms. The molecule has 0 bridgehead atoms. The van der Waals surface area contributed by atoms with E-state index in [9.17, 15) is 9.90 Å². The van der Waals surface area contributed by atoms with E-state index in [2.05, 4.69) is 24.3 Å². The second-order valence-corrected chi connectivity index (χ2v) is 6.79. The summed E-state index contributed by atoms with van der Waals surface area (Å²) in [6.45, 7) is 2.81. The van der Waals surface area contributed by atoms with E-state index >= 15 is 0 Å². The molecule has 0 spiro atoms. The highest BCUT2D eigenvalue weighted by Gasteiger charge is 2.25. The minimum Gasteiger partial charge on any atom is -0.465 e. The highest BCUT2D eigenvalue weighted by atomic mass is 16.4. The summed E-state index contributed by atoms with van der Waals surface area (Å²) < 4.78 is 2.00. The van der Waals surface area contributed by atoms with E-state index in [0.29, 0.717) is 19.5 Å². The Bertz CT molecular complexity index is 963. The first-order valence-corrected chi connectivity index (χ1v) is 9.41. The summed E-state index contributed by atoms with van der Waals surface area (Å²) in [6.07, 6.45) is 1.66. The first-order valence-electron chi connectivity index (χ1n) is 9.41. The maximum absolute atomic E-state index is 11.4. The lowest BCUT2D eigenvalue weighted by Crippen LogP contribution is -2.31. The topological polar surface area (TPSA) is 58.4 Å². The van der Waals surface area contributed by atoms with Crippen molar-refractivity contribution in [3.05, 3.63) is 71.5 Å². The Kier molecular flexibility index (Phi) is 4.67. The zero-order chi connectivity index (χ0) is 18.8. The van der Waals surface area contributed by atoms with Gasteiger partial charge in [-0.15, -0.1) is 0 Å². The third-order valence-electron chi connectivity index (χ3n) is 5.24. The van der Waals surface area contributed by atoms with E-state index in [0.717, 1.165) is 29.9 Å². The molecule has 1 aliphatic carbocycles. The van der Waals surface area contributed by atoms with Gasteiger partial charge in [0.1, 0.15) is 0 Å². The summed E-state index contributed by atoms with van der Waals surface area (Å²) in [5.41, 5.74) is 6.95. The minimum absolute atomic E-state index is 0.457. The molecule has 2 aromatic carbocycles. The fourth-order valence-corrected chi connectivity index (χ4v) is 3.87. The maximum atomic E-state index is 11.4. The summed E-state index contributed by atoms with van der Waals surface area (Å²) in [5, 5.41) is 14.3. The lowest BCUT2D eigenvalue weighted by Gasteiger charge is -2.20. The van der Waals surface area contributed by atoms with Crippen molar-refractivity contribution in [3.63, 3.8) is 0 Å². The molecule has 0 unspecified atom stereocenters. The van der Waals surface area contributed by atoms with Crippen LogP contribution in [0.2, 0.25) is 0 Å². The minimum atomic E-state index is -0.877. The predicted molar refractivity (Wildman–Crippen MR) is 105 cm³/mol. The van der Waals surface area contributed by atoms with Crippen molar-refractivity contribution in [2.24, 2.45) is 0 Å². The van der Waals surface area contributed by atoms with Gasteiger partial charge in [-0.1, -0.05) is 42.5 Å². The van der Waals surface area contributed by atoms with Gasteiger partial charge in [0.15, 0.2) is 0 Å². The molecule has 0 aliphatic heterocycles. The Balaban J connectivity index is 1.82. The lowest BCUT2D eigenvalue weighted by atomic mass is 9.88. The highest BCUT2D eigenvalue weighted by molar-refractivity contribution is 5.75.